The summed E-state index contributed by atoms with van der Waals surface area (Å²) >= 11 is 0. The van der Waals surface area contributed by atoms with E-state index in [1.165, 1.54) is 44.2 Å². The lowest BCUT2D eigenvalue weighted by atomic mass is 9.80. The van der Waals surface area contributed by atoms with E-state index in [0.717, 1.165) is 38.4 Å². The monoisotopic (exact) mass is 506 g/mol. The number of hydrogen-bond acceptors (Lipinski definition) is 4. The summed E-state index contributed by atoms with van der Waals surface area (Å²) in [5.74, 6) is -0.224. The van der Waals surface area contributed by atoms with E-state index in [9.17, 15) is 9.50 Å². The highest BCUT2D eigenvalue weighted by molar-refractivity contribution is 14.0. The molecule has 0 spiro atoms. The summed E-state index contributed by atoms with van der Waals surface area (Å²) in [5, 5.41) is 16.0. The predicted molar refractivity (Wildman–Crippen MR) is 120 cm³/mol. The van der Waals surface area contributed by atoms with Crippen LogP contribution in [0.5, 0.6) is 5.75 Å². The van der Waals surface area contributed by atoms with Crippen molar-refractivity contribution in [2.24, 2.45) is 4.99 Å². The molecule has 158 valence electrons. The molecular formula is C20H32FIN4O2. The van der Waals surface area contributed by atoms with Crippen LogP contribution in [0.1, 0.15) is 37.7 Å². The fourth-order valence-electron chi connectivity index (χ4n) is 4.17. The number of phenols is 1. The molecule has 1 aromatic rings. The largest absolute Gasteiger partial charge is 0.505 e. The standard InChI is InChI=1S/C20H31FN4O2.HI/c1-22-19(23-14-16-5-6-18(26)17(21)13-16)24-15-20(7-3-2-4-8-20)25-9-11-27-12-10-25;/h5-6,13,26H,2-4,7-12,14-15H2,1H3,(H2,22,23,24);1H. The Kier molecular flexibility index (Phi) is 9.23. The highest BCUT2D eigenvalue weighted by atomic mass is 127. The van der Waals surface area contributed by atoms with Crippen molar-refractivity contribution in [3.05, 3.63) is 29.6 Å². The first kappa shape index (κ1) is 23.2. The van der Waals surface area contributed by atoms with Crippen molar-refractivity contribution >= 4 is 29.9 Å². The van der Waals surface area contributed by atoms with Gasteiger partial charge in [0.1, 0.15) is 0 Å². The van der Waals surface area contributed by atoms with Gasteiger partial charge in [-0.3, -0.25) is 9.89 Å². The number of hydrogen-bond donors (Lipinski definition) is 3. The van der Waals surface area contributed by atoms with Crippen LogP contribution in [0.15, 0.2) is 23.2 Å². The molecule has 3 N–H and O–H groups in total. The van der Waals surface area contributed by atoms with Crippen LogP contribution >= 0.6 is 24.0 Å². The lowest BCUT2D eigenvalue weighted by molar-refractivity contribution is -0.0352. The van der Waals surface area contributed by atoms with Crippen LogP contribution in [0.4, 0.5) is 4.39 Å². The maximum Gasteiger partial charge on any atom is 0.191 e. The van der Waals surface area contributed by atoms with Gasteiger partial charge in [0, 0.05) is 38.8 Å². The molecule has 0 bridgehead atoms. The van der Waals surface area contributed by atoms with Crippen molar-refractivity contribution < 1.29 is 14.2 Å². The molecule has 8 heteroatoms. The summed E-state index contributed by atoms with van der Waals surface area (Å²) in [7, 11) is 1.75. The molecular weight excluding hydrogens is 474 g/mol. The van der Waals surface area contributed by atoms with Crippen LogP contribution < -0.4 is 10.6 Å². The van der Waals surface area contributed by atoms with Crippen LogP contribution in [0.25, 0.3) is 0 Å². The molecule has 1 saturated carbocycles. The summed E-state index contributed by atoms with van der Waals surface area (Å²) in [4.78, 5) is 6.90. The second-order valence-corrected chi connectivity index (χ2v) is 7.45. The number of aromatic hydroxyl groups is 1. The number of nitrogens with zero attached hydrogens (tertiary/aromatic N) is 2. The highest BCUT2D eigenvalue weighted by Crippen LogP contribution is 2.33. The molecule has 1 saturated heterocycles. The molecule has 1 aliphatic carbocycles. The third-order valence-electron chi connectivity index (χ3n) is 5.75. The van der Waals surface area contributed by atoms with E-state index >= 15 is 0 Å². The van der Waals surface area contributed by atoms with Crippen molar-refractivity contribution in [2.75, 3.05) is 39.9 Å². The first-order valence-corrected chi connectivity index (χ1v) is 9.88. The molecule has 6 nitrogen and oxygen atoms in total. The van der Waals surface area contributed by atoms with E-state index in [1.807, 2.05) is 0 Å². The number of nitrogens with one attached hydrogen (secondary N) is 2. The molecule has 0 unspecified atom stereocenters. The number of ether oxygens (including phenoxy) is 1. The molecule has 0 aromatic heterocycles. The number of aliphatic imine (C=N–C) groups is 1. The van der Waals surface area contributed by atoms with Gasteiger partial charge in [0.2, 0.25) is 0 Å². The molecule has 1 aromatic carbocycles. The number of morpholine rings is 1. The van der Waals surface area contributed by atoms with Crippen LogP contribution in [0, 0.1) is 5.82 Å². The Labute approximate surface area is 184 Å². The van der Waals surface area contributed by atoms with Crippen molar-refractivity contribution in [3.63, 3.8) is 0 Å². The molecule has 2 fully saturated rings. The fraction of sp³-hybridized carbons (Fsp3) is 0.650. The summed E-state index contributed by atoms with van der Waals surface area (Å²) in [6.07, 6.45) is 6.22. The molecule has 3 rings (SSSR count). The van der Waals surface area contributed by atoms with E-state index in [0.29, 0.717) is 12.5 Å². The summed E-state index contributed by atoms with van der Waals surface area (Å²) < 4.78 is 19.0. The number of guanidine groups is 1. The number of rotatable bonds is 5. The van der Waals surface area contributed by atoms with Crippen molar-refractivity contribution in [3.8, 4) is 5.75 Å². The zero-order valence-corrected chi connectivity index (χ0v) is 18.9. The Morgan fingerprint density at radius 1 is 1.21 bits per heavy atom. The third-order valence-corrected chi connectivity index (χ3v) is 5.75. The minimum atomic E-state index is -0.606. The first-order chi connectivity index (χ1) is 13.1. The molecule has 1 aliphatic heterocycles. The Bertz CT molecular complexity index is 647. The second kappa shape index (κ2) is 11.2. The quantitative estimate of drug-likeness (QED) is 0.326. The maximum atomic E-state index is 13.5. The van der Waals surface area contributed by atoms with E-state index in [4.69, 9.17) is 4.74 Å². The predicted octanol–water partition coefficient (Wildman–Crippen LogP) is 2.85. The Morgan fingerprint density at radius 3 is 2.57 bits per heavy atom. The number of phenolic OH excluding ortho intramolecular Hbond substituents is 1. The number of benzene rings is 1. The minimum absolute atomic E-state index is 0. The second-order valence-electron chi connectivity index (χ2n) is 7.45. The van der Waals surface area contributed by atoms with Gasteiger partial charge in [-0.2, -0.15) is 0 Å². The highest BCUT2D eigenvalue weighted by Gasteiger charge is 2.38. The zero-order chi connectivity index (χ0) is 19.1. The lowest BCUT2D eigenvalue weighted by Crippen LogP contribution is -2.60. The molecule has 0 atom stereocenters. The molecule has 1 heterocycles. The van der Waals surface area contributed by atoms with Gasteiger partial charge < -0.3 is 20.5 Å². The van der Waals surface area contributed by atoms with Crippen molar-refractivity contribution in [1.29, 1.82) is 0 Å². The van der Waals surface area contributed by atoms with Crippen LogP contribution in [0.2, 0.25) is 0 Å². The van der Waals surface area contributed by atoms with E-state index in [2.05, 4.69) is 20.5 Å². The number of halogens is 2. The molecule has 28 heavy (non-hydrogen) atoms. The van der Waals surface area contributed by atoms with Gasteiger partial charge in [-0.05, 0) is 30.5 Å². The Morgan fingerprint density at radius 2 is 1.93 bits per heavy atom. The van der Waals surface area contributed by atoms with Crippen LogP contribution in [-0.4, -0.2) is 61.4 Å². The van der Waals surface area contributed by atoms with Crippen LogP contribution in [-0.2, 0) is 11.3 Å². The topological polar surface area (TPSA) is 69.1 Å². The van der Waals surface area contributed by atoms with Crippen molar-refractivity contribution in [2.45, 2.75) is 44.2 Å². The van der Waals surface area contributed by atoms with Crippen LogP contribution in [0.3, 0.4) is 0 Å². The normalized spacial score (nSPS) is 20.3. The van der Waals surface area contributed by atoms with E-state index in [-0.39, 0.29) is 35.3 Å². The Hall–Kier alpha value is -1.13. The first-order valence-electron chi connectivity index (χ1n) is 9.88. The smallest absolute Gasteiger partial charge is 0.191 e. The molecule has 0 radical (unpaired) electrons. The molecule has 2 aliphatic rings. The van der Waals surface area contributed by atoms with Gasteiger partial charge in [-0.1, -0.05) is 25.3 Å². The lowest BCUT2D eigenvalue weighted by Gasteiger charge is -2.48. The average Bonchev–Trinajstić information content (AvgIpc) is 2.72. The zero-order valence-electron chi connectivity index (χ0n) is 16.5. The van der Waals surface area contributed by atoms with Gasteiger partial charge in [0.25, 0.3) is 0 Å². The Balaban J connectivity index is 0.00000280. The minimum Gasteiger partial charge on any atom is -0.505 e. The average molecular weight is 506 g/mol. The van der Waals surface area contributed by atoms with Gasteiger partial charge in [0.15, 0.2) is 17.5 Å². The third kappa shape index (κ3) is 5.93. The van der Waals surface area contributed by atoms with Crippen molar-refractivity contribution in [1.82, 2.24) is 15.5 Å². The van der Waals surface area contributed by atoms with Gasteiger partial charge in [-0.25, -0.2) is 4.39 Å². The SMILES string of the molecule is CN=C(NCc1ccc(O)c(F)c1)NCC1(N2CCOCC2)CCCCC1.I. The van der Waals surface area contributed by atoms with E-state index in [1.54, 1.807) is 13.1 Å². The van der Waals surface area contributed by atoms with Gasteiger partial charge in [0.05, 0.1) is 13.2 Å². The summed E-state index contributed by atoms with van der Waals surface area (Å²) in [5.41, 5.74) is 0.915. The van der Waals surface area contributed by atoms with E-state index < -0.39 is 5.82 Å². The maximum absolute atomic E-state index is 13.5. The summed E-state index contributed by atoms with van der Waals surface area (Å²) in [6, 6.07) is 4.42. The van der Waals surface area contributed by atoms with Gasteiger partial charge >= 0.3 is 0 Å². The fourth-order valence-corrected chi connectivity index (χ4v) is 4.17. The molecule has 0 amide bonds. The van der Waals surface area contributed by atoms with Gasteiger partial charge in [-0.15, -0.1) is 24.0 Å². The summed E-state index contributed by atoms with van der Waals surface area (Å²) in [6.45, 7) is 4.88.